The van der Waals surface area contributed by atoms with E-state index < -0.39 is 0 Å². The lowest BCUT2D eigenvalue weighted by atomic mass is 10.1. The Bertz CT molecular complexity index is 1020. The number of nitrogens with one attached hydrogen (secondary N) is 1. The summed E-state index contributed by atoms with van der Waals surface area (Å²) in [5, 5.41) is 0. The molecule has 1 N–H and O–H groups in total. The molecule has 0 aliphatic carbocycles. The molecular weight excluding hydrogens is 326 g/mol. The van der Waals surface area contributed by atoms with E-state index in [1.165, 1.54) is 11.9 Å². The smallest absolute Gasteiger partial charge is 0.255 e. The minimum atomic E-state index is -0.0961. The highest BCUT2D eigenvalue weighted by Gasteiger charge is 2.21. The Morgan fingerprint density at radius 1 is 1.19 bits per heavy atom. The third-order valence-electron chi connectivity index (χ3n) is 4.51. The monoisotopic (exact) mass is 343 g/mol. The Balaban J connectivity index is 1.55. The van der Waals surface area contributed by atoms with Crippen LogP contribution >= 0.6 is 0 Å². The van der Waals surface area contributed by atoms with E-state index in [0.29, 0.717) is 17.9 Å². The van der Waals surface area contributed by atoms with Crippen LogP contribution in [0.2, 0.25) is 0 Å². The zero-order valence-electron chi connectivity index (χ0n) is 14.1. The van der Waals surface area contributed by atoms with Gasteiger partial charge < -0.3 is 4.98 Å². The number of terminal acetylenes is 1. The third-order valence-corrected chi connectivity index (χ3v) is 4.51. The fourth-order valence-corrected chi connectivity index (χ4v) is 3.14. The normalized spacial score (nSPS) is 13.8. The molecule has 4 rings (SSSR count). The van der Waals surface area contributed by atoms with Crippen molar-refractivity contribution < 1.29 is 0 Å². The van der Waals surface area contributed by atoms with Crippen LogP contribution in [0.3, 0.4) is 0 Å². The number of hydrogen-bond donors (Lipinski definition) is 1. The predicted molar refractivity (Wildman–Crippen MR) is 98.1 cm³/mol. The van der Waals surface area contributed by atoms with E-state index in [1.807, 2.05) is 24.3 Å². The third kappa shape index (κ3) is 3.25. The summed E-state index contributed by atoms with van der Waals surface area (Å²) >= 11 is 0. The molecule has 0 fully saturated rings. The lowest BCUT2D eigenvalue weighted by molar-refractivity contribution is 0.242. The summed E-state index contributed by atoms with van der Waals surface area (Å²) < 4.78 is 0. The first kappa shape index (κ1) is 16.2. The summed E-state index contributed by atoms with van der Waals surface area (Å²) in [6, 6.07) is 7.95. The second-order valence-corrected chi connectivity index (χ2v) is 6.27. The van der Waals surface area contributed by atoms with Gasteiger partial charge in [-0.1, -0.05) is 18.1 Å². The summed E-state index contributed by atoms with van der Waals surface area (Å²) in [5.74, 6) is 3.14. The molecule has 0 bridgehead atoms. The molecule has 3 aromatic rings. The van der Waals surface area contributed by atoms with Crippen LogP contribution in [0.4, 0.5) is 0 Å². The van der Waals surface area contributed by atoms with Gasteiger partial charge in [-0.2, -0.15) is 0 Å². The first-order valence-electron chi connectivity index (χ1n) is 8.38. The molecule has 128 valence electrons. The maximum Gasteiger partial charge on any atom is 0.255 e. The zero-order chi connectivity index (χ0) is 17.9. The molecule has 3 heterocycles. The summed E-state index contributed by atoms with van der Waals surface area (Å²) in [4.78, 5) is 30.2. The molecule has 0 saturated carbocycles. The molecule has 0 atom stereocenters. The molecule has 1 aliphatic rings. The second kappa shape index (κ2) is 6.90. The number of aromatic nitrogens is 4. The van der Waals surface area contributed by atoms with Crippen LogP contribution in [0, 0.1) is 12.3 Å². The predicted octanol–water partition coefficient (Wildman–Crippen LogP) is 1.77. The van der Waals surface area contributed by atoms with Crippen molar-refractivity contribution in [3.05, 3.63) is 75.7 Å². The first-order chi connectivity index (χ1) is 12.7. The van der Waals surface area contributed by atoms with Crippen LogP contribution < -0.4 is 5.56 Å². The van der Waals surface area contributed by atoms with Gasteiger partial charge in [0.05, 0.1) is 16.8 Å². The van der Waals surface area contributed by atoms with Crippen LogP contribution in [-0.2, 0) is 19.5 Å². The first-order valence-corrected chi connectivity index (χ1v) is 8.38. The van der Waals surface area contributed by atoms with Crippen molar-refractivity contribution in [1.82, 2.24) is 24.8 Å². The van der Waals surface area contributed by atoms with E-state index in [2.05, 4.69) is 30.8 Å². The van der Waals surface area contributed by atoms with Crippen LogP contribution in [-0.4, -0.2) is 31.4 Å². The highest BCUT2D eigenvalue weighted by molar-refractivity contribution is 5.52. The van der Waals surface area contributed by atoms with Crippen molar-refractivity contribution >= 4 is 0 Å². The van der Waals surface area contributed by atoms with Gasteiger partial charge in [-0.05, 0) is 17.7 Å². The van der Waals surface area contributed by atoms with E-state index in [1.54, 1.807) is 12.4 Å². The average molecular weight is 343 g/mol. The Hall–Kier alpha value is -3.30. The van der Waals surface area contributed by atoms with Gasteiger partial charge in [-0.25, -0.2) is 15.0 Å². The summed E-state index contributed by atoms with van der Waals surface area (Å²) in [6.07, 6.45) is 10.9. The second-order valence-electron chi connectivity index (χ2n) is 6.27. The number of hydrogen-bond acceptors (Lipinski definition) is 5. The van der Waals surface area contributed by atoms with Gasteiger partial charge in [-0.3, -0.25) is 9.69 Å². The molecule has 1 aromatic carbocycles. The highest BCUT2D eigenvalue weighted by Crippen LogP contribution is 2.19. The molecular formula is C20H17N5O. The molecule has 0 saturated heterocycles. The van der Waals surface area contributed by atoms with Gasteiger partial charge in [0.25, 0.3) is 5.56 Å². The van der Waals surface area contributed by atoms with Crippen molar-refractivity contribution in [2.24, 2.45) is 0 Å². The molecule has 0 spiro atoms. The Labute approximate surface area is 151 Å². The van der Waals surface area contributed by atoms with E-state index in [4.69, 9.17) is 6.42 Å². The molecule has 0 unspecified atom stereocenters. The van der Waals surface area contributed by atoms with E-state index in [9.17, 15) is 4.79 Å². The number of benzene rings is 1. The Kier molecular flexibility index (Phi) is 4.30. The van der Waals surface area contributed by atoms with Crippen molar-refractivity contribution in [2.75, 3.05) is 6.54 Å². The van der Waals surface area contributed by atoms with Gasteiger partial charge in [-0.15, -0.1) is 6.42 Å². The quantitative estimate of drug-likeness (QED) is 0.734. The summed E-state index contributed by atoms with van der Waals surface area (Å²) in [5.41, 5.74) is 4.25. The molecule has 1 aliphatic heterocycles. The SMILES string of the molecule is C#Cc1ccc(CN2CCc3nc(-c4cncnc4)[nH]c(=O)c3C2)cc1. The van der Waals surface area contributed by atoms with Gasteiger partial charge in [0.1, 0.15) is 12.2 Å². The van der Waals surface area contributed by atoms with E-state index in [0.717, 1.165) is 36.3 Å². The fraction of sp³-hybridized carbons (Fsp3) is 0.200. The fourth-order valence-electron chi connectivity index (χ4n) is 3.14. The molecule has 0 radical (unpaired) electrons. The summed E-state index contributed by atoms with van der Waals surface area (Å²) in [6.45, 7) is 2.21. The van der Waals surface area contributed by atoms with Gasteiger partial charge >= 0.3 is 0 Å². The zero-order valence-corrected chi connectivity index (χ0v) is 14.1. The molecule has 6 nitrogen and oxygen atoms in total. The van der Waals surface area contributed by atoms with Crippen molar-refractivity contribution in [1.29, 1.82) is 0 Å². The van der Waals surface area contributed by atoms with Crippen molar-refractivity contribution in [2.45, 2.75) is 19.5 Å². The Morgan fingerprint density at radius 3 is 2.69 bits per heavy atom. The van der Waals surface area contributed by atoms with Crippen LogP contribution in [0.15, 0.2) is 47.8 Å². The minimum Gasteiger partial charge on any atom is -0.306 e. The number of H-pyrrole nitrogens is 1. The average Bonchev–Trinajstić information content (AvgIpc) is 2.69. The lowest BCUT2D eigenvalue weighted by Crippen LogP contribution is -2.35. The molecule has 2 aromatic heterocycles. The largest absolute Gasteiger partial charge is 0.306 e. The molecule has 26 heavy (non-hydrogen) atoms. The maximum absolute atomic E-state index is 12.6. The van der Waals surface area contributed by atoms with Crippen molar-refractivity contribution in [3.63, 3.8) is 0 Å². The topological polar surface area (TPSA) is 74.8 Å². The van der Waals surface area contributed by atoms with E-state index >= 15 is 0 Å². The number of nitrogens with zero attached hydrogens (tertiary/aromatic N) is 4. The highest BCUT2D eigenvalue weighted by atomic mass is 16.1. The number of fused-ring (bicyclic) bond motifs is 1. The van der Waals surface area contributed by atoms with E-state index in [-0.39, 0.29) is 5.56 Å². The molecule has 6 heteroatoms. The summed E-state index contributed by atoms with van der Waals surface area (Å²) in [7, 11) is 0. The van der Waals surface area contributed by atoms with Crippen LogP contribution in [0.1, 0.15) is 22.4 Å². The van der Waals surface area contributed by atoms with Gasteiger partial charge in [0.15, 0.2) is 0 Å². The van der Waals surface area contributed by atoms with Crippen molar-refractivity contribution in [3.8, 4) is 23.7 Å². The van der Waals surface area contributed by atoms with Gasteiger partial charge in [0, 0.05) is 44.0 Å². The minimum absolute atomic E-state index is 0.0961. The maximum atomic E-state index is 12.6. The van der Waals surface area contributed by atoms with Crippen LogP contribution in [0.5, 0.6) is 0 Å². The Morgan fingerprint density at radius 2 is 1.96 bits per heavy atom. The van der Waals surface area contributed by atoms with Gasteiger partial charge in [0.2, 0.25) is 0 Å². The number of rotatable bonds is 3. The number of aromatic amines is 1. The van der Waals surface area contributed by atoms with Crippen LogP contribution in [0.25, 0.3) is 11.4 Å². The lowest BCUT2D eigenvalue weighted by Gasteiger charge is -2.27. The standard InChI is InChI=1S/C20H17N5O/c1-2-14-3-5-15(6-4-14)11-25-8-7-18-17(12-25)20(26)24-19(23-18)16-9-21-13-22-10-16/h1,3-6,9-10,13H,7-8,11-12H2,(H,23,24,26). The molecule has 0 amide bonds.